The number of aromatic nitrogens is 4. The molecule has 2 aliphatic heterocycles. The summed E-state index contributed by atoms with van der Waals surface area (Å²) in [5, 5.41) is 4.59. The van der Waals surface area contributed by atoms with Crippen LogP contribution in [0.4, 0.5) is 5.69 Å². The van der Waals surface area contributed by atoms with Crippen LogP contribution in [-0.2, 0) is 7.05 Å². The number of ether oxygens (including phenoxy) is 1. The fourth-order valence-electron chi connectivity index (χ4n) is 5.56. The molecule has 1 saturated heterocycles. The van der Waals surface area contributed by atoms with Crippen LogP contribution in [-0.4, -0.2) is 56.8 Å². The number of aryl methyl sites for hydroxylation is 1. The maximum absolute atomic E-state index is 13.0. The van der Waals surface area contributed by atoms with E-state index in [1.807, 2.05) is 29.9 Å². The highest BCUT2D eigenvalue weighted by Crippen LogP contribution is 2.40. The van der Waals surface area contributed by atoms with E-state index in [9.17, 15) is 4.79 Å². The summed E-state index contributed by atoms with van der Waals surface area (Å²) in [6, 6.07) is 8.14. The van der Waals surface area contributed by atoms with E-state index in [2.05, 4.69) is 39.2 Å². The van der Waals surface area contributed by atoms with Crippen LogP contribution in [0.15, 0.2) is 41.5 Å². The van der Waals surface area contributed by atoms with Crippen molar-refractivity contribution < 1.29 is 4.74 Å². The third-order valence-electron chi connectivity index (χ3n) is 7.46. The largest absolute Gasteiger partial charge is 0.478 e. The molecule has 4 aromatic rings. The molecule has 0 saturated carbocycles. The molecule has 1 aromatic carbocycles. The quantitative estimate of drug-likeness (QED) is 0.424. The molecule has 1 atom stereocenters. The Morgan fingerprint density at radius 3 is 2.74 bits per heavy atom. The summed E-state index contributed by atoms with van der Waals surface area (Å²) < 4.78 is 9.52. The van der Waals surface area contributed by atoms with Gasteiger partial charge in [0.1, 0.15) is 0 Å². The lowest BCUT2D eigenvalue weighted by molar-refractivity contribution is 0.203. The average Bonchev–Trinajstić information content (AvgIpc) is 3.05. The van der Waals surface area contributed by atoms with E-state index in [0.717, 1.165) is 51.7 Å². The first-order valence-corrected chi connectivity index (χ1v) is 12.7. The molecule has 0 amide bonds. The number of benzene rings is 1. The summed E-state index contributed by atoms with van der Waals surface area (Å²) in [6.45, 7) is 6.94. The zero-order valence-corrected chi connectivity index (χ0v) is 20.5. The number of anilines is 1. The van der Waals surface area contributed by atoms with Crippen LogP contribution in [0.5, 0.6) is 5.88 Å². The minimum atomic E-state index is -0.00897. The van der Waals surface area contributed by atoms with Gasteiger partial charge in [-0.3, -0.25) is 14.1 Å². The highest BCUT2D eigenvalue weighted by Gasteiger charge is 2.25. The smallest absolute Gasteiger partial charge is 0.329 e. The Morgan fingerprint density at radius 2 is 1.94 bits per heavy atom. The number of hydrogen-bond donors (Lipinski definition) is 1. The summed E-state index contributed by atoms with van der Waals surface area (Å²) in [4.78, 5) is 24.8. The first kappa shape index (κ1) is 22.1. The maximum Gasteiger partial charge on any atom is 0.329 e. The predicted molar refractivity (Wildman–Crippen MR) is 139 cm³/mol. The van der Waals surface area contributed by atoms with Crippen molar-refractivity contribution in [3.8, 4) is 17.0 Å². The monoisotopic (exact) mass is 472 g/mol. The van der Waals surface area contributed by atoms with E-state index in [-0.39, 0.29) is 11.7 Å². The molecule has 8 heteroatoms. The summed E-state index contributed by atoms with van der Waals surface area (Å²) in [7, 11) is 1.81. The number of nitrogens with zero attached hydrogens (tertiary/aromatic N) is 5. The molecule has 1 N–H and O–H groups in total. The maximum atomic E-state index is 13.0. The lowest BCUT2D eigenvalue weighted by Crippen LogP contribution is -2.31. The molecular formula is C27H32N6O2. The molecule has 0 aliphatic carbocycles. The number of pyridine rings is 2. The second-order valence-electron chi connectivity index (χ2n) is 9.81. The molecule has 35 heavy (non-hydrogen) atoms. The highest BCUT2D eigenvalue weighted by atomic mass is 16.5. The van der Waals surface area contributed by atoms with E-state index in [1.54, 1.807) is 10.8 Å². The molecule has 1 fully saturated rings. The summed E-state index contributed by atoms with van der Waals surface area (Å²) >= 11 is 0. The van der Waals surface area contributed by atoms with Gasteiger partial charge in [0.15, 0.2) is 0 Å². The van der Waals surface area contributed by atoms with Crippen molar-refractivity contribution in [3.05, 3.63) is 47.1 Å². The van der Waals surface area contributed by atoms with E-state index in [4.69, 9.17) is 4.74 Å². The third kappa shape index (κ3) is 3.86. The average molecular weight is 473 g/mol. The van der Waals surface area contributed by atoms with Crippen LogP contribution in [0.25, 0.3) is 33.1 Å². The molecule has 8 nitrogen and oxygen atoms in total. The van der Waals surface area contributed by atoms with Crippen molar-refractivity contribution in [2.24, 2.45) is 7.05 Å². The fourth-order valence-corrected chi connectivity index (χ4v) is 5.56. The highest BCUT2D eigenvalue weighted by molar-refractivity contribution is 6.13. The zero-order chi connectivity index (χ0) is 23.9. The molecule has 0 radical (unpaired) electrons. The van der Waals surface area contributed by atoms with Crippen molar-refractivity contribution in [1.29, 1.82) is 0 Å². The Balaban J connectivity index is 1.28. The fraction of sp³-hybridized carbons (Fsp3) is 0.444. The van der Waals surface area contributed by atoms with Crippen molar-refractivity contribution in [2.75, 3.05) is 38.1 Å². The molecule has 182 valence electrons. The second-order valence-corrected chi connectivity index (χ2v) is 9.81. The van der Waals surface area contributed by atoms with Gasteiger partial charge < -0.3 is 15.0 Å². The Bertz CT molecular complexity index is 1430. The van der Waals surface area contributed by atoms with Gasteiger partial charge in [-0.05, 0) is 51.4 Å². The number of hydrogen-bond acceptors (Lipinski definition) is 6. The number of likely N-dealkylation sites (tertiary alicyclic amines) is 1. The van der Waals surface area contributed by atoms with E-state index in [0.29, 0.717) is 19.0 Å². The summed E-state index contributed by atoms with van der Waals surface area (Å²) in [6.07, 6.45) is 8.69. The van der Waals surface area contributed by atoms with Gasteiger partial charge in [0.2, 0.25) is 5.88 Å². The van der Waals surface area contributed by atoms with Crippen LogP contribution in [0.1, 0.15) is 38.6 Å². The Morgan fingerprint density at radius 1 is 1.09 bits per heavy atom. The van der Waals surface area contributed by atoms with Crippen LogP contribution in [0, 0.1) is 0 Å². The van der Waals surface area contributed by atoms with Crippen molar-refractivity contribution in [2.45, 2.75) is 38.6 Å². The van der Waals surface area contributed by atoms with Gasteiger partial charge in [-0.15, -0.1) is 0 Å². The lowest BCUT2D eigenvalue weighted by Gasteiger charge is -2.26. The summed E-state index contributed by atoms with van der Waals surface area (Å²) in [5.41, 5.74) is 5.71. The van der Waals surface area contributed by atoms with Gasteiger partial charge in [0.25, 0.3) is 0 Å². The lowest BCUT2D eigenvalue weighted by atomic mass is 10.0. The van der Waals surface area contributed by atoms with Gasteiger partial charge in [-0.1, -0.05) is 12.5 Å². The van der Waals surface area contributed by atoms with E-state index < -0.39 is 0 Å². The topological polar surface area (TPSA) is 77.2 Å². The van der Waals surface area contributed by atoms with E-state index >= 15 is 0 Å². The summed E-state index contributed by atoms with van der Waals surface area (Å²) in [5.74, 6) is 0.654. The molecule has 0 bridgehead atoms. The Hall–Kier alpha value is -3.39. The molecule has 5 heterocycles. The van der Waals surface area contributed by atoms with Crippen molar-refractivity contribution in [1.82, 2.24) is 24.0 Å². The molecule has 0 spiro atoms. The molecule has 1 unspecified atom stereocenters. The first-order chi connectivity index (χ1) is 17.1. The molecule has 2 aliphatic rings. The van der Waals surface area contributed by atoms with Crippen LogP contribution < -0.4 is 15.7 Å². The number of imidazole rings is 1. The van der Waals surface area contributed by atoms with Gasteiger partial charge >= 0.3 is 5.69 Å². The predicted octanol–water partition coefficient (Wildman–Crippen LogP) is 4.19. The van der Waals surface area contributed by atoms with E-state index in [1.165, 1.54) is 32.4 Å². The zero-order valence-electron chi connectivity index (χ0n) is 20.5. The Labute approximate surface area is 204 Å². The van der Waals surface area contributed by atoms with Crippen molar-refractivity contribution >= 4 is 27.6 Å². The normalized spacial score (nSPS) is 18.2. The van der Waals surface area contributed by atoms with Gasteiger partial charge in [0, 0.05) is 43.5 Å². The molecule has 6 rings (SSSR count). The first-order valence-electron chi connectivity index (χ1n) is 12.7. The number of piperidine rings is 1. The van der Waals surface area contributed by atoms with Crippen LogP contribution in [0.2, 0.25) is 0 Å². The van der Waals surface area contributed by atoms with Crippen molar-refractivity contribution in [3.63, 3.8) is 0 Å². The number of nitrogens with one attached hydrogen (secondary N) is 1. The van der Waals surface area contributed by atoms with Crippen LogP contribution >= 0.6 is 0 Å². The van der Waals surface area contributed by atoms with Gasteiger partial charge in [-0.2, -0.15) is 0 Å². The van der Waals surface area contributed by atoms with Crippen LogP contribution in [0.3, 0.4) is 0 Å². The number of rotatable bonds is 6. The minimum Gasteiger partial charge on any atom is -0.478 e. The SMILES string of the molecule is CC1CNc2c(-c3ccc(OCCCN4CCCCC4)nc3)ccc3ncc4c(c23)n1c(=O)n4C. The van der Waals surface area contributed by atoms with Gasteiger partial charge in [-0.25, -0.2) is 9.78 Å². The second kappa shape index (κ2) is 9.00. The third-order valence-corrected chi connectivity index (χ3v) is 7.46. The Kier molecular flexibility index (Phi) is 5.68. The van der Waals surface area contributed by atoms with Gasteiger partial charge in [0.05, 0.1) is 46.5 Å². The molecular weight excluding hydrogens is 440 g/mol. The minimum absolute atomic E-state index is 0.00897. The standard InChI is InChI=1S/C27H32N6O2/c1-18-15-30-25-20(8-9-21-24(25)26-22(17-28-21)31(2)27(34)33(18)26)19-7-10-23(29-16-19)35-14-6-13-32-11-4-3-5-12-32/h7-10,16-18,30H,3-6,11-15H2,1-2H3. The molecule has 3 aromatic heterocycles.